The lowest BCUT2D eigenvalue weighted by Crippen LogP contribution is -1.95. The highest BCUT2D eigenvalue weighted by Crippen LogP contribution is 2.27. The molecule has 66 valence electrons. The monoisotopic (exact) mass is 182 g/mol. The first-order valence-electron chi connectivity index (χ1n) is 4.35. The Hall–Kier alpha value is -0.490. The van der Waals surface area contributed by atoms with Crippen LogP contribution in [0.15, 0.2) is 24.3 Å². The zero-order valence-electron chi connectivity index (χ0n) is 7.84. The van der Waals surface area contributed by atoms with Crippen molar-refractivity contribution in [2.24, 2.45) is 0 Å². The molecule has 0 aliphatic carbocycles. The van der Waals surface area contributed by atoms with Crippen LogP contribution in [0, 0.1) is 0 Å². The van der Waals surface area contributed by atoms with Crippen molar-refractivity contribution in [1.29, 1.82) is 0 Å². The first-order valence-corrected chi connectivity index (χ1v) is 4.79. The summed E-state index contributed by atoms with van der Waals surface area (Å²) in [5.41, 5.74) is 2.62. The van der Waals surface area contributed by atoms with E-state index in [1.807, 2.05) is 13.0 Å². The standard InChI is InChI=1S/C11H15Cl/c1-8(2)10-6-4-5-7-11(10)9(3)12/h4-9H,1-3H3. The molecule has 12 heavy (non-hydrogen) atoms. The molecule has 0 aliphatic heterocycles. The van der Waals surface area contributed by atoms with Crippen LogP contribution in [-0.2, 0) is 0 Å². The molecule has 1 aromatic rings. The second kappa shape index (κ2) is 3.95. The minimum Gasteiger partial charge on any atom is -0.118 e. The van der Waals surface area contributed by atoms with Gasteiger partial charge in [-0.2, -0.15) is 0 Å². The minimum absolute atomic E-state index is 0.114. The van der Waals surface area contributed by atoms with E-state index in [4.69, 9.17) is 11.6 Å². The first-order chi connectivity index (χ1) is 5.63. The van der Waals surface area contributed by atoms with Gasteiger partial charge < -0.3 is 0 Å². The van der Waals surface area contributed by atoms with Crippen LogP contribution < -0.4 is 0 Å². The van der Waals surface area contributed by atoms with Crippen molar-refractivity contribution in [3.63, 3.8) is 0 Å². The number of hydrogen-bond acceptors (Lipinski definition) is 0. The van der Waals surface area contributed by atoms with Crippen molar-refractivity contribution in [3.8, 4) is 0 Å². The van der Waals surface area contributed by atoms with Crippen molar-refractivity contribution in [2.75, 3.05) is 0 Å². The van der Waals surface area contributed by atoms with Gasteiger partial charge in [-0.15, -0.1) is 11.6 Å². The lowest BCUT2D eigenvalue weighted by atomic mass is 9.96. The van der Waals surface area contributed by atoms with Gasteiger partial charge in [0.2, 0.25) is 0 Å². The van der Waals surface area contributed by atoms with Gasteiger partial charge in [0, 0.05) is 0 Å². The summed E-state index contributed by atoms with van der Waals surface area (Å²) in [6, 6.07) is 8.37. The van der Waals surface area contributed by atoms with E-state index in [0.717, 1.165) is 0 Å². The van der Waals surface area contributed by atoms with Gasteiger partial charge in [-0.3, -0.25) is 0 Å². The van der Waals surface area contributed by atoms with Crippen LogP contribution in [0.4, 0.5) is 0 Å². The maximum Gasteiger partial charge on any atom is 0.0559 e. The molecule has 1 heteroatoms. The molecule has 0 radical (unpaired) electrons. The normalized spacial score (nSPS) is 13.4. The molecule has 0 aromatic heterocycles. The average molecular weight is 183 g/mol. The van der Waals surface area contributed by atoms with Crippen LogP contribution in [0.3, 0.4) is 0 Å². The Bertz CT molecular complexity index is 224. The van der Waals surface area contributed by atoms with Crippen LogP contribution in [0.25, 0.3) is 0 Å². The first kappa shape index (κ1) is 9.60. The van der Waals surface area contributed by atoms with Crippen LogP contribution in [-0.4, -0.2) is 0 Å². The summed E-state index contributed by atoms with van der Waals surface area (Å²) in [5, 5.41) is 0.114. The molecule has 0 amide bonds. The van der Waals surface area contributed by atoms with Crippen LogP contribution >= 0.6 is 11.6 Å². The fraction of sp³-hybridized carbons (Fsp3) is 0.455. The van der Waals surface area contributed by atoms with Crippen LogP contribution in [0.2, 0.25) is 0 Å². The molecule has 1 unspecified atom stereocenters. The molecule has 1 aromatic carbocycles. The molecular weight excluding hydrogens is 168 g/mol. The molecule has 1 rings (SSSR count). The summed E-state index contributed by atoms with van der Waals surface area (Å²) < 4.78 is 0. The van der Waals surface area contributed by atoms with Crippen molar-refractivity contribution in [1.82, 2.24) is 0 Å². The van der Waals surface area contributed by atoms with E-state index in [9.17, 15) is 0 Å². The number of alkyl halides is 1. The number of halogens is 1. The van der Waals surface area contributed by atoms with Gasteiger partial charge in [0.05, 0.1) is 5.38 Å². The Morgan fingerprint density at radius 3 is 1.83 bits per heavy atom. The smallest absolute Gasteiger partial charge is 0.0559 e. The van der Waals surface area contributed by atoms with Crippen molar-refractivity contribution >= 4 is 11.6 Å². The second-order valence-electron chi connectivity index (χ2n) is 3.40. The van der Waals surface area contributed by atoms with Gasteiger partial charge in [0.1, 0.15) is 0 Å². The summed E-state index contributed by atoms with van der Waals surface area (Å²) in [4.78, 5) is 0. The van der Waals surface area contributed by atoms with Crippen LogP contribution in [0.5, 0.6) is 0 Å². The van der Waals surface area contributed by atoms with Crippen molar-refractivity contribution in [2.45, 2.75) is 32.1 Å². The fourth-order valence-corrected chi connectivity index (χ4v) is 1.60. The molecule has 0 spiro atoms. The topological polar surface area (TPSA) is 0 Å². The molecule has 0 heterocycles. The highest BCUT2D eigenvalue weighted by molar-refractivity contribution is 6.20. The Morgan fingerprint density at radius 1 is 1.00 bits per heavy atom. The van der Waals surface area contributed by atoms with Gasteiger partial charge in [-0.25, -0.2) is 0 Å². The van der Waals surface area contributed by atoms with Crippen molar-refractivity contribution < 1.29 is 0 Å². The SMILES string of the molecule is CC(C)c1ccccc1C(C)Cl. The molecule has 0 fully saturated rings. The van der Waals surface area contributed by atoms with Gasteiger partial charge in [-0.05, 0) is 24.0 Å². The Balaban J connectivity index is 3.09. The molecule has 0 saturated heterocycles. The third-order valence-corrected chi connectivity index (χ3v) is 2.28. The van der Waals surface area contributed by atoms with Crippen molar-refractivity contribution in [3.05, 3.63) is 35.4 Å². The fourth-order valence-electron chi connectivity index (χ4n) is 1.40. The molecular formula is C11H15Cl. The lowest BCUT2D eigenvalue weighted by Gasteiger charge is -2.13. The summed E-state index contributed by atoms with van der Waals surface area (Å²) in [6.45, 7) is 6.40. The van der Waals surface area contributed by atoms with E-state index >= 15 is 0 Å². The lowest BCUT2D eigenvalue weighted by molar-refractivity contribution is 0.839. The van der Waals surface area contributed by atoms with Gasteiger partial charge in [0.15, 0.2) is 0 Å². The highest BCUT2D eigenvalue weighted by Gasteiger charge is 2.08. The quantitative estimate of drug-likeness (QED) is 0.604. The van der Waals surface area contributed by atoms with Gasteiger partial charge in [-0.1, -0.05) is 38.1 Å². The predicted octanol–water partition coefficient (Wildman–Crippen LogP) is 4.11. The largest absolute Gasteiger partial charge is 0.118 e. The van der Waals surface area contributed by atoms with Gasteiger partial charge >= 0.3 is 0 Å². The molecule has 1 atom stereocenters. The maximum atomic E-state index is 6.05. The third kappa shape index (κ3) is 2.01. The third-order valence-electron chi connectivity index (χ3n) is 2.05. The Morgan fingerprint density at radius 2 is 1.50 bits per heavy atom. The van der Waals surface area contributed by atoms with Crippen LogP contribution in [0.1, 0.15) is 43.2 Å². The Labute approximate surface area is 79.6 Å². The summed E-state index contributed by atoms with van der Waals surface area (Å²) in [7, 11) is 0. The zero-order valence-corrected chi connectivity index (χ0v) is 8.60. The Kier molecular flexibility index (Phi) is 3.16. The highest BCUT2D eigenvalue weighted by atomic mass is 35.5. The molecule has 0 aliphatic rings. The number of hydrogen-bond donors (Lipinski definition) is 0. The van der Waals surface area contributed by atoms with E-state index in [0.29, 0.717) is 5.92 Å². The summed E-state index contributed by atoms with van der Waals surface area (Å²) in [5.74, 6) is 0.558. The number of benzene rings is 1. The van der Waals surface area contributed by atoms with E-state index in [-0.39, 0.29) is 5.38 Å². The van der Waals surface area contributed by atoms with Gasteiger partial charge in [0.25, 0.3) is 0 Å². The molecule has 0 N–H and O–H groups in total. The second-order valence-corrected chi connectivity index (χ2v) is 4.05. The van der Waals surface area contributed by atoms with E-state index < -0.39 is 0 Å². The predicted molar refractivity (Wildman–Crippen MR) is 54.8 cm³/mol. The van der Waals surface area contributed by atoms with E-state index in [1.54, 1.807) is 0 Å². The minimum atomic E-state index is 0.114. The van der Waals surface area contributed by atoms with E-state index in [2.05, 4.69) is 32.0 Å². The molecule has 0 bridgehead atoms. The number of rotatable bonds is 2. The van der Waals surface area contributed by atoms with E-state index in [1.165, 1.54) is 11.1 Å². The molecule has 0 nitrogen and oxygen atoms in total. The summed E-state index contributed by atoms with van der Waals surface area (Å²) in [6.07, 6.45) is 0. The zero-order chi connectivity index (χ0) is 9.14. The summed E-state index contributed by atoms with van der Waals surface area (Å²) >= 11 is 6.05. The maximum absolute atomic E-state index is 6.05. The molecule has 0 saturated carbocycles. The average Bonchev–Trinajstić information content (AvgIpc) is 2.04.